The lowest BCUT2D eigenvalue weighted by Crippen LogP contribution is -2.35. The van der Waals surface area contributed by atoms with Gasteiger partial charge in [-0.05, 0) is 6.92 Å². The summed E-state index contributed by atoms with van der Waals surface area (Å²) >= 11 is 0. The summed E-state index contributed by atoms with van der Waals surface area (Å²) in [6.45, 7) is 3.12. The Hall–Kier alpha value is -1.63. The number of amides is 1. The number of hydrogen-bond acceptors (Lipinski definition) is 6. The van der Waals surface area contributed by atoms with Gasteiger partial charge in [0.2, 0.25) is 11.8 Å². The zero-order valence-corrected chi connectivity index (χ0v) is 9.56. The van der Waals surface area contributed by atoms with Crippen molar-refractivity contribution in [3.63, 3.8) is 0 Å². The molecule has 0 aliphatic rings. The Morgan fingerprint density at radius 1 is 1.56 bits per heavy atom. The van der Waals surface area contributed by atoms with Gasteiger partial charge in [-0.15, -0.1) is 5.10 Å². The molecule has 0 radical (unpaired) electrons. The maximum atomic E-state index is 11.3. The Morgan fingerprint density at radius 3 is 2.94 bits per heavy atom. The number of carbonyl (C=O) groups excluding carboxylic acids is 1. The van der Waals surface area contributed by atoms with Crippen molar-refractivity contribution in [2.24, 2.45) is 5.73 Å². The molecule has 1 aromatic rings. The van der Waals surface area contributed by atoms with Crippen LogP contribution >= 0.6 is 0 Å². The van der Waals surface area contributed by atoms with Crippen molar-refractivity contribution >= 4 is 11.9 Å². The molecule has 7 heteroatoms. The number of likely N-dealkylation sites (N-methyl/N-ethyl adjacent to an activating group) is 2. The van der Waals surface area contributed by atoms with Gasteiger partial charge in [0.1, 0.15) is 6.54 Å². The minimum atomic E-state index is -0.0800. The van der Waals surface area contributed by atoms with Crippen LogP contribution in [0.25, 0.3) is 0 Å². The second kappa shape index (κ2) is 6.06. The molecule has 0 atom stereocenters. The van der Waals surface area contributed by atoms with E-state index in [1.165, 1.54) is 0 Å². The first-order valence-electron chi connectivity index (χ1n) is 5.17. The fourth-order valence-electron chi connectivity index (χ4n) is 1.16. The van der Waals surface area contributed by atoms with Crippen molar-refractivity contribution in [1.29, 1.82) is 0 Å². The molecule has 0 fully saturated rings. The van der Waals surface area contributed by atoms with Crippen molar-refractivity contribution in [2.75, 3.05) is 31.6 Å². The summed E-state index contributed by atoms with van der Waals surface area (Å²) in [4.78, 5) is 12.9. The number of aromatic nitrogens is 2. The highest BCUT2D eigenvalue weighted by molar-refractivity contribution is 5.80. The van der Waals surface area contributed by atoms with Crippen molar-refractivity contribution in [3.8, 4) is 0 Å². The molecule has 1 heterocycles. The van der Waals surface area contributed by atoms with Gasteiger partial charge in [0.25, 0.3) is 0 Å². The average molecular weight is 227 g/mol. The molecule has 0 saturated heterocycles. The van der Waals surface area contributed by atoms with Crippen LogP contribution in [-0.2, 0) is 11.2 Å². The van der Waals surface area contributed by atoms with E-state index in [2.05, 4.69) is 15.5 Å². The van der Waals surface area contributed by atoms with Gasteiger partial charge < -0.3 is 20.4 Å². The highest BCUT2D eigenvalue weighted by Gasteiger charge is 2.12. The van der Waals surface area contributed by atoms with Gasteiger partial charge in [-0.2, -0.15) is 0 Å². The fraction of sp³-hybridized carbons (Fsp3) is 0.667. The van der Waals surface area contributed by atoms with Crippen LogP contribution in [0, 0.1) is 0 Å². The van der Waals surface area contributed by atoms with Crippen LogP contribution in [0.15, 0.2) is 4.42 Å². The van der Waals surface area contributed by atoms with Crippen LogP contribution in [0.5, 0.6) is 0 Å². The molecule has 0 bridgehead atoms. The lowest BCUT2D eigenvalue weighted by atomic mass is 10.4. The highest BCUT2D eigenvalue weighted by atomic mass is 16.4. The van der Waals surface area contributed by atoms with E-state index in [0.717, 1.165) is 0 Å². The molecule has 1 amide bonds. The zero-order valence-electron chi connectivity index (χ0n) is 9.56. The first-order chi connectivity index (χ1) is 7.67. The third-order valence-corrected chi connectivity index (χ3v) is 1.90. The Morgan fingerprint density at radius 2 is 2.31 bits per heavy atom. The van der Waals surface area contributed by atoms with Gasteiger partial charge in [0.15, 0.2) is 0 Å². The van der Waals surface area contributed by atoms with Gasteiger partial charge in [0, 0.05) is 26.6 Å². The number of nitrogens with zero attached hydrogens (tertiary/aromatic N) is 3. The molecular formula is C9H17N5O2. The van der Waals surface area contributed by atoms with Gasteiger partial charge in [0.05, 0.1) is 0 Å². The van der Waals surface area contributed by atoms with E-state index >= 15 is 0 Å². The zero-order chi connectivity index (χ0) is 12.0. The normalized spacial score (nSPS) is 10.2. The fourth-order valence-corrected chi connectivity index (χ4v) is 1.16. The van der Waals surface area contributed by atoms with Gasteiger partial charge in [-0.3, -0.25) is 4.79 Å². The third-order valence-electron chi connectivity index (χ3n) is 1.90. The predicted molar refractivity (Wildman–Crippen MR) is 59.0 cm³/mol. The van der Waals surface area contributed by atoms with Crippen LogP contribution in [0.2, 0.25) is 0 Å². The van der Waals surface area contributed by atoms with E-state index < -0.39 is 0 Å². The molecule has 0 saturated carbocycles. The van der Waals surface area contributed by atoms with Crippen molar-refractivity contribution in [1.82, 2.24) is 15.5 Å². The number of hydrogen-bond donors (Lipinski definition) is 2. The topological polar surface area (TPSA) is 97.3 Å². The Labute approximate surface area is 94.0 Å². The number of nitrogens with one attached hydrogen (secondary N) is 1. The standard InChI is InChI=1S/C9H17N5O2/c1-3-11-7(15)6-14(2)9-13-12-8(16-9)4-5-10/h3-6,10H2,1-2H3,(H,11,15). The van der Waals surface area contributed by atoms with Gasteiger partial charge in [-0.1, -0.05) is 5.10 Å². The molecule has 1 aromatic heterocycles. The molecular weight excluding hydrogens is 210 g/mol. The molecule has 3 N–H and O–H groups in total. The monoisotopic (exact) mass is 227 g/mol. The maximum Gasteiger partial charge on any atom is 0.318 e. The third kappa shape index (κ3) is 3.50. The lowest BCUT2D eigenvalue weighted by Gasteiger charge is -2.12. The first-order valence-corrected chi connectivity index (χ1v) is 5.17. The summed E-state index contributed by atoms with van der Waals surface area (Å²) in [5, 5.41) is 10.3. The molecule has 7 nitrogen and oxygen atoms in total. The van der Waals surface area contributed by atoms with Crippen LogP contribution in [-0.4, -0.2) is 42.8 Å². The van der Waals surface area contributed by atoms with Crippen molar-refractivity contribution < 1.29 is 9.21 Å². The van der Waals surface area contributed by atoms with Gasteiger partial charge >= 0.3 is 6.01 Å². The summed E-state index contributed by atoms with van der Waals surface area (Å²) in [5.74, 6) is 0.406. The number of rotatable bonds is 6. The summed E-state index contributed by atoms with van der Waals surface area (Å²) in [7, 11) is 1.72. The maximum absolute atomic E-state index is 11.3. The van der Waals surface area contributed by atoms with E-state index in [1.54, 1.807) is 11.9 Å². The largest absolute Gasteiger partial charge is 0.408 e. The van der Waals surface area contributed by atoms with E-state index in [1.807, 2.05) is 6.92 Å². The minimum absolute atomic E-state index is 0.0800. The van der Waals surface area contributed by atoms with Crippen LogP contribution in [0.3, 0.4) is 0 Å². The molecule has 0 aliphatic carbocycles. The predicted octanol–water partition coefficient (Wildman–Crippen LogP) is -0.857. The molecule has 0 aromatic carbocycles. The second-order valence-corrected chi connectivity index (χ2v) is 3.33. The smallest absolute Gasteiger partial charge is 0.318 e. The Balaban J connectivity index is 2.51. The van der Waals surface area contributed by atoms with E-state index in [-0.39, 0.29) is 12.5 Å². The minimum Gasteiger partial charge on any atom is -0.408 e. The van der Waals surface area contributed by atoms with Crippen LogP contribution in [0.1, 0.15) is 12.8 Å². The van der Waals surface area contributed by atoms with Crippen LogP contribution < -0.4 is 16.0 Å². The van der Waals surface area contributed by atoms with Crippen LogP contribution in [0.4, 0.5) is 6.01 Å². The number of anilines is 1. The molecule has 0 unspecified atom stereocenters. The van der Waals surface area contributed by atoms with Gasteiger partial charge in [-0.25, -0.2) is 0 Å². The second-order valence-electron chi connectivity index (χ2n) is 3.33. The highest BCUT2D eigenvalue weighted by Crippen LogP contribution is 2.09. The molecule has 90 valence electrons. The first kappa shape index (κ1) is 12.4. The Kier molecular flexibility index (Phi) is 4.71. The van der Waals surface area contributed by atoms with Crippen molar-refractivity contribution in [2.45, 2.75) is 13.3 Å². The molecule has 0 spiro atoms. The van der Waals surface area contributed by atoms with E-state index in [4.69, 9.17) is 10.2 Å². The average Bonchev–Trinajstić information content (AvgIpc) is 2.67. The number of carbonyl (C=O) groups is 1. The lowest BCUT2D eigenvalue weighted by molar-refractivity contribution is -0.119. The van der Waals surface area contributed by atoms with E-state index in [9.17, 15) is 4.79 Å². The quantitative estimate of drug-likeness (QED) is 0.656. The van der Waals surface area contributed by atoms with E-state index in [0.29, 0.717) is 31.4 Å². The Bertz CT molecular complexity index is 338. The summed E-state index contributed by atoms with van der Waals surface area (Å²) in [6, 6.07) is 0.328. The summed E-state index contributed by atoms with van der Waals surface area (Å²) in [5.41, 5.74) is 5.36. The SMILES string of the molecule is CCNC(=O)CN(C)c1nnc(CCN)o1. The number of nitrogens with two attached hydrogens (primary N) is 1. The molecule has 1 rings (SSSR count). The summed E-state index contributed by atoms with van der Waals surface area (Å²) in [6.07, 6.45) is 0.544. The molecule has 16 heavy (non-hydrogen) atoms. The molecule has 0 aliphatic heterocycles. The summed E-state index contributed by atoms with van der Waals surface area (Å²) < 4.78 is 5.31. The van der Waals surface area contributed by atoms with Crippen molar-refractivity contribution in [3.05, 3.63) is 5.89 Å².